The first-order valence-corrected chi connectivity index (χ1v) is 6.86. The molecule has 0 radical (unpaired) electrons. The van der Waals surface area contributed by atoms with E-state index in [1.165, 1.54) is 14.2 Å². The molecule has 1 aromatic carbocycles. The van der Waals surface area contributed by atoms with Crippen LogP contribution in [0, 0.1) is 6.92 Å². The van der Waals surface area contributed by atoms with Crippen LogP contribution in [0.5, 0.6) is 0 Å². The molecule has 1 aliphatic heterocycles. The average Bonchev–Trinajstić information content (AvgIpc) is 2.52. The molecule has 0 amide bonds. The summed E-state index contributed by atoms with van der Waals surface area (Å²) in [5, 5.41) is 0. The van der Waals surface area contributed by atoms with E-state index in [1.807, 2.05) is 31.2 Å². The van der Waals surface area contributed by atoms with E-state index in [1.54, 1.807) is 24.3 Å². The van der Waals surface area contributed by atoms with Gasteiger partial charge in [-0.25, -0.2) is 9.59 Å². The molecule has 2 rings (SSSR count). The monoisotopic (exact) mass is 301 g/mol. The number of benzene rings is 1. The van der Waals surface area contributed by atoms with Gasteiger partial charge in [-0.1, -0.05) is 29.8 Å². The third kappa shape index (κ3) is 3.03. The van der Waals surface area contributed by atoms with Crippen LogP contribution in [0.15, 0.2) is 47.8 Å². The van der Waals surface area contributed by atoms with Crippen molar-refractivity contribution < 1.29 is 19.1 Å². The molecule has 0 saturated carbocycles. The molecule has 0 saturated heterocycles. The maximum absolute atomic E-state index is 12.1. The second-order valence-electron chi connectivity index (χ2n) is 5.16. The molecule has 1 aromatic rings. The number of methoxy groups -OCH3 is 2. The van der Waals surface area contributed by atoms with Gasteiger partial charge in [0.05, 0.1) is 31.3 Å². The fourth-order valence-electron chi connectivity index (χ4n) is 2.58. The molecular weight excluding hydrogens is 282 g/mol. The van der Waals surface area contributed by atoms with Crippen molar-refractivity contribution in [3.63, 3.8) is 0 Å². The number of aryl methyl sites for hydroxylation is 1. The van der Waals surface area contributed by atoms with Crippen LogP contribution in [0.2, 0.25) is 0 Å². The summed E-state index contributed by atoms with van der Waals surface area (Å²) in [6.07, 6.45) is 3.34. The van der Waals surface area contributed by atoms with Gasteiger partial charge in [0.2, 0.25) is 0 Å². The van der Waals surface area contributed by atoms with Crippen LogP contribution in [-0.2, 0) is 19.1 Å². The first kappa shape index (κ1) is 15.8. The minimum Gasteiger partial charge on any atom is -0.466 e. The van der Waals surface area contributed by atoms with E-state index < -0.39 is 17.9 Å². The second kappa shape index (κ2) is 6.47. The van der Waals surface area contributed by atoms with Crippen LogP contribution in [0.1, 0.15) is 17.0 Å². The summed E-state index contributed by atoms with van der Waals surface area (Å²) in [5.41, 5.74) is 2.70. The highest BCUT2D eigenvalue weighted by atomic mass is 16.5. The van der Waals surface area contributed by atoms with Gasteiger partial charge in [-0.05, 0) is 12.5 Å². The lowest BCUT2D eigenvalue weighted by atomic mass is 9.83. The van der Waals surface area contributed by atoms with E-state index in [9.17, 15) is 9.59 Å². The third-order valence-electron chi connectivity index (χ3n) is 3.53. The second-order valence-corrected chi connectivity index (χ2v) is 5.16. The highest BCUT2D eigenvalue weighted by molar-refractivity contribution is 5.98. The van der Waals surface area contributed by atoms with E-state index in [2.05, 4.69) is 0 Å². The molecule has 0 spiro atoms. The summed E-state index contributed by atoms with van der Waals surface area (Å²) < 4.78 is 9.74. The Balaban J connectivity index is 2.58. The highest BCUT2D eigenvalue weighted by Crippen LogP contribution is 2.36. The van der Waals surface area contributed by atoms with Gasteiger partial charge in [0.15, 0.2) is 0 Å². The number of carbonyl (C=O) groups is 2. The Labute approximate surface area is 129 Å². The molecule has 5 heteroatoms. The summed E-state index contributed by atoms with van der Waals surface area (Å²) in [6.45, 7) is 1.96. The summed E-state index contributed by atoms with van der Waals surface area (Å²) in [7, 11) is 4.40. The molecule has 0 atom stereocenters. The molecule has 0 fully saturated rings. The SMILES string of the molecule is COC(=O)C1=CN(C)C=C(C(=O)OC)C1c1cccc(C)c1. The standard InChI is InChI=1S/C17H19NO4/c1-11-6-5-7-12(8-11)15-13(16(19)21-3)9-18(2)10-14(15)17(20)22-4/h5-10,15H,1-4H3. The Bertz CT molecular complexity index is 626. The molecule has 1 heterocycles. The van der Waals surface area contributed by atoms with E-state index in [-0.39, 0.29) is 0 Å². The molecule has 0 aromatic heterocycles. The number of carbonyl (C=O) groups excluding carboxylic acids is 2. The lowest BCUT2D eigenvalue weighted by molar-refractivity contribution is -0.137. The quantitative estimate of drug-likeness (QED) is 0.801. The maximum Gasteiger partial charge on any atom is 0.336 e. The number of hydrogen-bond donors (Lipinski definition) is 0. The molecule has 0 aliphatic carbocycles. The van der Waals surface area contributed by atoms with Gasteiger partial charge in [-0.2, -0.15) is 0 Å². The fraction of sp³-hybridized carbons (Fsp3) is 0.294. The van der Waals surface area contributed by atoms with Gasteiger partial charge in [-0.15, -0.1) is 0 Å². The molecule has 22 heavy (non-hydrogen) atoms. The first-order valence-electron chi connectivity index (χ1n) is 6.86. The van der Waals surface area contributed by atoms with Gasteiger partial charge in [0, 0.05) is 19.4 Å². The van der Waals surface area contributed by atoms with Crippen molar-refractivity contribution in [3.8, 4) is 0 Å². The van der Waals surface area contributed by atoms with Crippen molar-refractivity contribution in [3.05, 3.63) is 58.9 Å². The highest BCUT2D eigenvalue weighted by Gasteiger charge is 2.34. The van der Waals surface area contributed by atoms with Gasteiger partial charge in [0.25, 0.3) is 0 Å². The number of nitrogens with zero attached hydrogens (tertiary/aromatic N) is 1. The van der Waals surface area contributed by atoms with E-state index in [0.29, 0.717) is 11.1 Å². The molecule has 0 N–H and O–H groups in total. The molecule has 0 unspecified atom stereocenters. The molecule has 1 aliphatic rings. The first-order chi connectivity index (χ1) is 10.5. The third-order valence-corrected chi connectivity index (χ3v) is 3.53. The molecule has 5 nitrogen and oxygen atoms in total. The van der Waals surface area contributed by atoms with Crippen molar-refractivity contribution >= 4 is 11.9 Å². The zero-order valence-corrected chi connectivity index (χ0v) is 13.1. The zero-order chi connectivity index (χ0) is 16.3. The van der Waals surface area contributed by atoms with Gasteiger partial charge < -0.3 is 14.4 Å². The normalized spacial score (nSPS) is 15.0. The van der Waals surface area contributed by atoms with Crippen molar-refractivity contribution in [2.45, 2.75) is 12.8 Å². The van der Waals surface area contributed by atoms with Crippen LogP contribution in [0.4, 0.5) is 0 Å². The van der Waals surface area contributed by atoms with Crippen molar-refractivity contribution in [1.29, 1.82) is 0 Å². The molecular formula is C17H19NO4. The summed E-state index contributed by atoms with van der Waals surface area (Å²) >= 11 is 0. The lowest BCUT2D eigenvalue weighted by Crippen LogP contribution is -2.27. The zero-order valence-electron chi connectivity index (χ0n) is 13.1. The minimum absolute atomic E-state index is 0.401. The van der Waals surface area contributed by atoms with Gasteiger partial charge >= 0.3 is 11.9 Å². The Morgan fingerprint density at radius 3 is 2.05 bits per heavy atom. The molecule has 116 valence electrons. The van der Waals surface area contributed by atoms with Crippen molar-refractivity contribution in [1.82, 2.24) is 4.90 Å². The Morgan fingerprint density at radius 2 is 1.59 bits per heavy atom. The van der Waals surface area contributed by atoms with Crippen LogP contribution in [-0.4, -0.2) is 38.1 Å². The number of hydrogen-bond acceptors (Lipinski definition) is 5. The van der Waals surface area contributed by atoms with Crippen molar-refractivity contribution in [2.24, 2.45) is 0 Å². The van der Waals surface area contributed by atoms with Crippen molar-refractivity contribution in [2.75, 3.05) is 21.3 Å². The van der Waals surface area contributed by atoms with Crippen LogP contribution in [0.25, 0.3) is 0 Å². The van der Waals surface area contributed by atoms with Gasteiger partial charge in [-0.3, -0.25) is 0 Å². The average molecular weight is 301 g/mol. The van der Waals surface area contributed by atoms with Crippen LogP contribution < -0.4 is 0 Å². The molecule has 0 bridgehead atoms. The summed E-state index contributed by atoms with van der Waals surface area (Å²) in [5.74, 6) is -1.43. The smallest absolute Gasteiger partial charge is 0.336 e. The number of esters is 2. The number of rotatable bonds is 3. The van der Waals surface area contributed by atoms with E-state index in [4.69, 9.17) is 9.47 Å². The summed E-state index contributed by atoms with van der Waals surface area (Å²) in [6, 6.07) is 7.69. The Morgan fingerprint density at radius 1 is 1.05 bits per heavy atom. The summed E-state index contributed by atoms with van der Waals surface area (Å²) in [4.78, 5) is 25.9. The van der Waals surface area contributed by atoms with Gasteiger partial charge in [0.1, 0.15) is 0 Å². The number of ether oxygens (including phenoxy) is 2. The predicted octanol–water partition coefficient (Wildman–Crippen LogP) is 2.14. The van der Waals surface area contributed by atoms with Crippen LogP contribution >= 0.6 is 0 Å². The predicted molar refractivity (Wildman–Crippen MR) is 81.9 cm³/mol. The van der Waals surface area contributed by atoms with Crippen LogP contribution in [0.3, 0.4) is 0 Å². The topological polar surface area (TPSA) is 55.8 Å². The largest absolute Gasteiger partial charge is 0.466 e. The Kier molecular flexibility index (Phi) is 4.65. The fourth-order valence-corrected chi connectivity index (χ4v) is 2.58. The lowest BCUT2D eigenvalue weighted by Gasteiger charge is -2.28. The van der Waals surface area contributed by atoms with E-state index >= 15 is 0 Å². The Hall–Kier alpha value is -2.56. The van der Waals surface area contributed by atoms with E-state index in [0.717, 1.165) is 11.1 Å². The maximum atomic E-state index is 12.1. The minimum atomic E-state index is -0.504.